The van der Waals surface area contributed by atoms with Crippen molar-refractivity contribution >= 4 is 21.6 Å². The van der Waals surface area contributed by atoms with Gasteiger partial charge in [0, 0.05) is 30.2 Å². The second-order valence-corrected chi connectivity index (χ2v) is 7.27. The molecule has 0 aliphatic carbocycles. The number of methoxy groups -OCH3 is 1. The Morgan fingerprint density at radius 3 is 2.86 bits per heavy atom. The lowest BCUT2D eigenvalue weighted by atomic mass is 10.2. The number of hydrogen-bond acceptors (Lipinski definition) is 5. The average Bonchev–Trinajstić information content (AvgIpc) is 2.46. The molecule has 2 unspecified atom stereocenters. The number of sulfonamides is 1. The predicted octanol–water partition coefficient (Wildman–Crippen LogP) is 1.09. The van der Waals surface area contributed by atoms with Gasteiger partial charge in [0.15, 0.2) is 0 Å². The highest BCUT2D eigenvalue weighted by molar-refractivity contribution is 7.89. The predicted molar refractivity (Wildman–Crippen MR) is 80.2 cm³/mol. The normalized spacial score (nSPS) is 22.0. The minimum atomic E-state index is -3.67. The molecule has 6 nitrogen and oxygen atoms in total. The topological polar surface area (TPSA) is 81.9 Å². The van der Waals surface area contributed by atoms with Crippen LogP contribution in [0.5, 0.6) is 5.75 Å². The maximum atomic E-state index is 12.8. The minimum Gasteiger partial charge on any atom is -0.495 e. The molecule has 1 aliphatic rings. The van der Waals surface area contributed by atoms with Crippen LogP contribution in [-0.2, 0) is 14.8 Å². The van der Waals surface area contributed by atoms with Gasteiger partial charge in [0.1, 0.15) is 10.6 Å². The van der Waals surface area contributed by atoms with Crippen LogP contribution in [0.2, 0.25) is 5.02 Å². The first-order valence-corrected chi connectivity index (χ1v) is 8.39. The van der Waals surface area contributed by atoms with Crippen molar-refractivity contribution in [1.82, 2.24) is 4.31 Å². The van der Waals surface area contributed by atoms with Crippen LogP contribution in [-0.4, -0.2) is 51.7 Å². The van der Waals surface area contributed by atoms with Crippen LogP contribution < -0.4 is 10.5 Å². The van der Waals surface area contributed by atoms with E-state index in [0.29, 0.717) is 11.6 Å². The number of ether oxygens (including phenoxy) is 2. The molecule has 0 saturated carbocycles. The van der Waals surface area contributed by atoms with Crippen molar-refractivity contribution in [2.24, 2.45) is 5.73 Å². The van der Waals surface area contributed by atoms with Gasteiger partial charge in [-0.3, -0.25) is 0 Å². The molecule has 21 heavy (non-hydrogen) atoms. The molecular formula is C13H19ClN2O4S. The van der Waals surface area contributed by atoms with E-state index in [-0.39, 0.29) is 35.9 Å². The van der Waals surface area contributed by atoms with Crippen molar-refractivity contribution in [2.75, 3.05) is 26.8 Å². The summed E-state index contributed by atoms with van der Waals surface area (Å²) in [6, 6.07) is 4.22. The van der Waals surface area contributed by atoms with Crippen LogP contribution in [0.1, 0.15) is 6.92 Å². The monoisotopic (exact) mass is 334 g/mol. The third-order valence-electron chi connectivity index (χ3n) is 3.39. The molecular weight excluding hydrogens is 316 g/mol. The Morgan fingerprint density at radius 2 is 2.24 bits per heavy atom. The quantitative estimate of drug-likeness (QED) is 0.891. The SMILES string of the molecule is COc1cc(Cl)ccc1S(=O)(=O)N1CCOC(C(C)N)C1. The van der Waals surface area contributed by atoms with Crippen LogP contribution in [0.4, 0.5) is 0 Å². The van der Waals surface area contributed by atoms with Gasteiger partial charge < -0.3 is 15.2 Å². The van der Waals surface area contributed by atoms with E-state index in [1.165, 1.54) is 29.6 Å². The summed E-state index contributed by atoms with van der Waals surface area (Å²) in [5, 5.41) is 0.418. The fraction of sp³-hybridized carbons (Fsp3) is 0.538. The van der Waals surface area contributed by atoms with Gasteiger partial charge in [0.25, 0.3) is 0 Å². The number of rotatable bonds is 4. The van der Waals surface area contributed by atoms with Crippen LogP contribution in [0.15, 0.2) is 23.1 Å². The van der Waals surface area contributed by atoms with E-state index in [1.807, 2.05) is 0 Å². The summed E-state index contributed by atoms with van der Waals surface area (Å²) in [6.45, 7) is 2.63. The van der Waals surface area contributed by atoms with Crippen molar-refractivity contribution in [3.63, 3.8) is 0 Å². The lowest BCUT2D eigenvalue weighted by Crippen LogP contribution is -2.51. The summed E-state index contributed by atoms with van der Waals surface area (Å²) in [6.07, 6.45) is -0.313. The molecule has 8 heteroatoms. The highest BCUT2D eigenvalue weighted by atomic mass is 35.5. The van der Waals surface area contributed by atoms with Gasteiger partial charge in [-0.25, -0.2) is 8.42 Å². The highest BCUT2D eigenvalue weighted by Gasteiger charge is 2.33. The van der Waals surface area contributed by atoms with Gasteiger partial charge in [0.2, 0.25) is 10.0 Å². The molecule has 0 aromatic heterocycles. The molecule has 118 valence electrons. The van der Waals surface area contributed by atoms with E-state index < -0.39 is 10.0 Å². The van der Waals surface area contributed by atoms with Crippen molar-refractivity contribution < 1.29 is 17.9 Å². The van der Waals surface area contributed by atoms with Gasteiger partial charge in [0.05, 0.1) is 19.8 Å². The smallest absolute Gasteiger partial charge is 0.246 e. The third kappa shape index (κ3) is 3.49. The summed E-state index contributed by atoms with van der Waals surface area (Å²) < 4.78 is 37.5. The van der Waals surface area contributed by atoms with Crippen molar-refractivity contribution in [3.05, 3.63) is 23.2 Å². The second-order valence-electron chi connectivity index (χ2n) is 4.93. The molecule has 0 radical (unpaired) electrons. The third-order valence-corrected chi connectivity index (χ3v) is 5.53. The fourth-order valence-corrected chi connectivity index (χ4v) is 3.92. The zero-order valence-electron chi connectivity index (χ0n) is 12.0. The van der Waals surface area contributed by atoms with E-state index >= 15 is 0 Å². The summed E-state index contributed by atoms with van der Waals surface area (Å²) in [5.74, 6) is 0.228. The van der Waals surface area contributed by atoms with Crippen molar-refractivity contribution in [3.8, 4) is 5.75 Å². The van der Waals surface area contributed by atoms with Crippen LogP contribution in [0.25, 0.3) is 0 Å². The summed E-state index contributed by atoms with van der Waals surface area (Å²) in [7, 11) is -2.26. The number of halogens is 1. The first-order chi connectivity index (χ1) is 9.86. The summed E-state index contributed by atoms with van der Waals surface area (Å²) in [5.41, 5.74) is 5.80. The molecule has 0 spiro atoms. The van der Waals surface area contributed by atoms with E-state index in [4.69, 9.17) is 26.8 Å². The Morgan fingerprint density at radius 1 is 1.52 bits per heavy atom. The molecule has 1 aromatic carbocycles. The minimum absolute atomic E-state index is 0.0970. The molecule has 2 N–H and O–H groups in total. The van der Waals surface area contributed by atoms with Crippen LogP contribution in [0.3, 0.4) is 0 Å². The first-order valence-electron chi connectivity index (χ1n) is 6.57. The highest BCUT2D eigenvalue weighted by Crippen LogP contribution is 2.30. The first kappa shape index (κ1) is 16.5. The van der Waals surface area contributed by atoms with Gasteiger partial charge in [-0.15, -0.1) is 0 Å². The number of nitrogens with two attached hydrogens (primary N) is 1. The van der Waals surface area contributed by atoms with Crippen LogP contribution >= 0.6 is 11.6 Å². The summed E-state index contributed by atoms with van der Waals surface area (Å²) in [4.78, 5) is 0.0970. The molecule has 2 atom stereocenters. The fourth-order valence-electron chi connectivity index (χ4n) is 2.18. The van der Waals surface area contributed by atoms with E-state index in [9.17, 15) is 8.42 Å². The van der Waals surface area contributed by atoms with Gasteiger partial charge in [-0.2, -0.15) is 4.31 Å². The lowest BCUT2D eigenvalue weighted by molar-refractivity contribution is -0.0120. The number of morpholine rings is 1. The van der Waals surface area contributed by atoms with Crippen LogP contribution in [0, 0.1) is 0 Å². The maximum Gasteiger partial charge on any atom is 0.246 e. The van der Waals surface area contributed by atoms with E-state index in [2.05, 4.69) is 0 Å². The van der Waals surface area contributed by atoms with Crippen molar-refractivity contribution in [2.45, 2.75) is 24.0 Å². The van der Waals surface area contributed by atoms with Gasteiger partial charge in [-0.05, 0) is 19.1 Å². The molecule has 2 rings (SSSR count). The van der Waals surface area contributed by atoms with E-state index in [0.717, 1.165) is 0 Å². The number of hydrogen-bond donors (Lipinski definition) is 1. The Labute approximate surface area is 129 Å². The van der Waals surface area contributed by atoms with Gasteiger partial charge >= 0.3 is 0 Å². The molecule has 1 saturated heterocycles. The molecule has 1 heterocycles. The largest absolute Gasteiger partial charge is 0.495 e. The van der Waals surface area contributed by atoms with Gasteiger partial charge in [-0.1, -0.05) is 11.6 Å². The standard InChI is InChI=1S/C13H19ClN2O4S/c1-9(15)12-8-16(5-6-20-12)21(17,18)13-4-3-10(14)7-11(13)19-2/h3-4,7,9,12H,5-6,8,15H2,1-2H3. The Bertz CT molecular complexity index is 606. The molecule has 1 aliphatic heterocycles. The summed E-state index contributed by atoms with van der Waals surface area (Å²) >= 11 is 5.87. The Hall–Kier alpha value is -0.860. The molecule has 0 bridgehead atoms. The zero-order chi connectivity index (χ0) is 15.6. The molecule has 0 amide bonds. The zero-order valence-corrected chi connectivity index (χ0v) is 13.5. The number of nitrogens with zero attached hydrogens (tertiary/aromatic N) is 1. The average molecular weight is 335 g/mol. The second kappa shape index (κ2) is 6.50. The maximum absolute atomic E-state index is 12.8. The molecule has 1 aromatic rings. The Balaban J connectivity index is 2.33. The van der Waals surface area contributed by atoms with Crippen molar-refractivity contribution in [1.29, 1.82) is 0 Å². The molecule has 1 fully saturated rings. The Kier molecular flexibility index (Phi) is 5.11. The van der Waals surface area contributed by atoms with E-state index in [1.54, 1.807) is 6.92 Å². The lowest BCUT2D eigenvalue weighted by Gasteiger charge is -2.34. The number of benzene rings is 1.